The van der Waals surface area contributed by atoms with Crippen LogP contribution in [0.4, 0.5) is 5.69 Å². The van der Waals surface area contributed by atoms with E-state index in [1.165, 1.54) is 0 Å². The van der Waals surface area contributed by atoms with E-state index in [0.717, 1.165) is 15.7 Å². The van der Waals surface area contributed by atoms with Gasteiger partial charge in [0.05, 0.1) is 5.69 Å². The van der Waals surface area contributed by atoms with Gasteiger partial charge in [-0.05, 0) is 28.1 Å². The number of halogens is 1. The largest absolute Gasteiger partial charge is 0.397 e. The van der Waals surface area contributed by atoms with Crippen LogP contribution in [-0.4, -0.2) is 9.97 Å². The van der Waals surface area contributed by atoms with E-state index >= 15 is 0 Å². The van der Waals surface area contributed by atoms with Crippen molar-refractivity contribution in [3.8, 4) is 11.1 Å². The summed E-state index contributed by atoms with van der Waals surface area (Å²) in [4.78, 5) is 8.15. The summed E-state index contributed by atoms with van der Waals surface area (Å²) in [5.41, 5.74) is 8.28. The first-order valence-electron chi connectivity index (χ1n) is 4.08. The number of anilines is 1. The number of hydrogen-bond donors (Lipinski definition) is 1. The maximum Gasteiger partial charge on any atom is 0.106 e. The van der Waals surface area contributed by atoms with Gasteiger partial charge in [-0.25, -0.2) is 4.98 Å². The molecule has 2 aromatic heterocycles. The number of nitrogens with two attached hydrogens (primary N) is 1. The molecule has 0 bridgehead atoms. The lowest BCUT2D eigenvalue weighted by atomic mass is 10.1. The average Bonchev–Trinajstić information content (AvgIpc) is 2.19. The van der Waals surface area contributed by atoms with Crippen molar-refractivity contribution < 1.29 is 0 Å². The third-order valence-corrected chi connectivity index (χ3v) is 2.29. The van der Waals surface area contributed by atoms with Crippen LogP contribution in [0.1, 0.15) is 0 Å². The zero-order valence-corrected chi connectivity index (χ0v) is 8.90. The van der Waals surface area contributed by atoms with Crippen molar-refractivity contribution in [3.05, 3.63) is 41.4 Å². The van der Waals surface area contributed by atoms with Crippen molar-refractivity contribution in [1.82, 2.24) is 9.97 Å². The summed E-state index contributed by atoms with van der Waals surface area (Å²) in [6.07, 6.45) is 5.16. The molecule has 2 heterocycles. The summed E-state index contributed by atoms with van der Waals surface area (Å²) < 4.78 is 0.818. The number of nitrogen functional groups attached to an aromatic ring is 1. The first-order chi connectivity index (χ1) is 6.75. The molecule has 3 nitrogen and oxygen atoms in total. The topological polar surface area (TPSA) is 51.8 Å². The molecular formula is C10H8BrN3. The highest BCUT2D eigenvalue weighted by molar-refractivity contribution is 9.10. The highest BCUT2D eigenvalue weighted by Crippen LogP contribution is 2.20. The Morgan fingerprint density at radius 1 is 1.07 bits per heavy atom. The van der Waals surface area contributed by atoms with Crippen LogP contribution in [0.25, 0.3) is 11.1 Å². The summed E-state index contributed by atoms with van der Waals surface area (Å²) in [6, 6.07) is 5.73. The zero-order chi connectivity index (χ0) is 9.97. The molecule has 0 aliphatic heterocycles. The molecule has 0 spiro atoms. The Morgan fingerprint density at radius 3 is 2.57 bits per heavy atom. The molecule has 2 aromatic rings. The van der Waals surface area contributed by atoms with Crippen molar-refractivity contribution in [2.45, 2.75) is 0 Å². The van der Waals surface area contributed by atoms with Crippen LogP contribution >= 0.6 is 15.9 Å². The third kappa shape index (κ3) is 1.90. The van der Waals surface area contributed by atoms with Gasteiger partial charge in [-0.15, -0.1) is 0 Å². The summed E-state index contributed by atoms with van der Waals surface area (Å²) in [5.74, 6) is 0. The summed E-state index contributed by atoms with van der Waals surface area (Å²) in [5, 5.41) is 0. The Labute approximate surface area is 90.1 Å². The predicted molar refractivity (Wildman–Crippen MR) is 59.6 cm³/mol. The van der Waals surface area contributed by atoms with E-state index in [0.29, 0.717) is 5.69 Å². The Kier molecular flexibility index (Phi) is 2.45. The number of rotatable bonds is 1. The molecule has 4 heteroatoms. The molecule has 2 rings (SSSR count). The number of hydrogen-bond acceptors (Lipinski definition) is 3. The van der Waals surface area contributed by atoms with Crippen molar-refractivity contribution in [3.63, 3.8) is 0 Å². The molecule has 0 fully saturated rings. The van der Waals surface area contributed by atoms with Gasteiger partial charge < -0.3 is 5.73 Å². The summed E-state index contributed by atoms with van der Waals surface area (Å²) in [6.45, 7) is 0. The van der Waals surface area contributed by atoms with Gasteiger partial charge in [0.1, 0.15) is 4.60 Å². The molecule has 0 amide bonds. The highest BCUT2D eigenvalue weighted by atomic mass is 79.9. The fraction of sp³-hybridized carbons (Fsp3) is 0. The Morgan fingerprint density at radius 2 is 1.93 bits per heavy atom. The monoisotopic (exact) mass is 249 g/mol. The molecule has 0 aliphatic rings. The van der Waals surface area contributed by atoms with Crippen LogP contribution in [0.5, 0.6) is 0 Å². The fourth-order valence-corrected chi connectivity index (χ4v) is 1.40. The molecule has 0 unspecified atom stereocenters. The van der Waals surface area contributed by atoms with Gasteiger partial charge in [0.2, 0.25) is 0 Å². The van der Waals surface area contributed by atoms with Crippen LogP contribution in [0.2, 0.25) is 0 Å². The standard InChI is InChI=1S/C10H8BrN3/c11-10-2-1-7(5-14-10)8-3-9(12)6-13-4-8/h1-6H,12H2. The van der Waals surface area contributed by atoms with E-state index in [1.54, 1.807) is 18.6 Å². The van der Waals surface area contributed by atoms with E-state index < -0.39 is 0 Å². The van der Waals surface area contributed by atoms with E-state index in [4.69, 9.17) is 5.73 Å². The van der Waals surface area contributed by atoms with Gasteiger partial charge in [-0.1, -0.05) is 6.07 Å². The third-order valence-electron chi connectivity index (χ3n) is 1.82. The molecule has 0 radical (unpaired) electrons. The van der Waals surface area contributed by atoms with Gasteiger partial charge in [-0.2, -0.15) is 0 Å². The van der Waals surface area contributed by atoms with Gasteiger partial charge in [-0.3, -0.25) is 4.98 Å². The van der Waals surface area contributed by atoms with Crippen molar-refractivity contribution in [2.75, 3.05) is 5.73 Å². The quantitative estimate of drug-likeness (QED) is 0.791. The second-order valence-electron chi connectivity index (χ2n) is 2.88. The Hall–Kier alpha value is -1.42. The van der Waals surface area contributed by atoms with Crippen molar-refractivity contribution in [2.24, 2.45) is 0 Å². The summed E-state index contributed by atoms with van der Waals surface area (Å²) >= 11 is 3.28. The lowest BCUT2D eigenvalue weighted by molar-refractivity contribution is 1.27. The molecule has 0 atom stereocenters. The molecule has 0 saturated carbocycles. The van der Waals surface area contributed by atoms with Crippen LogP contribution < -0.4 is 5.73 Å². The number of nitrogens with zero attached hydrogens (tertiary/aromatic N) is 2. The number of aromatic nitrogens is 2. The fourth-order valence-electron chi connectivity index (χ4n) is 1.16. The molecule has 70 valence electrons. The minimum Gasteiger partial charge on any atom is -0.397 e. The Balaban J connectivity index is 2.44. The van der Waals surface area contributed by atoms with E-state index in [9.17, 15) is 0 Å². The first-order valence-corrected chi connectivity index (χ1v) is 4.87. The van der Waals surface area contributed by atoms with Crippen LogP contribution in [0.15, 0.2) is 41.4 Å². The average molecular weight is 250 g/mol. The molecule has 0 aromatic carbocycles. The molecule has 14 heavy (non-hydrogen) atoms. The smallest absolute Gasteiger partial charge is 0.106 e. The molecule has 0 saturated heterocycles. The first kappa shape index (κ1) is 9.15. The van der Waals surface area contributed by atoms with Gasteiger partial charge in [0, 0.05) is 29.7 Å². The second-order valence-corrected chi connectivity index (χ2v) is 3.69. The van der Waals surface area contributed by atoms with E-state index in [-0.39, 0.29) is 0 Å². The molecular weight excluding hydrogens is 242 g/mol. The lowest BCUT2D eigenvalue weighted by Gasteiger charge is -2.01. The zero-order valence-electron chi connectivity index (χ0n) is 7.31. The predicted octanol–water partition coefficient (Wildman–Crippen LogP) is 2.49. The van der Waals surface area contributed by atoms with Crippen molar-refractivity contribution in [1.29, 1.82) is 0 Å². The van der Waals surface area contributed by atoms with Gasteiger partial charge >= 0.3 is 0 Å². The second kappa shape index (κ2) is 3.75. The maximum atomic E-state index is 5.63. The molecule has 0 aliphatic carbocycles. The van der Waals surface area contributed by atoms with Gasteiger partial charge in [0.15, 0.2) is 0 Å². The van der Waals surface area contributed by atoms with Crippen LogP contribution in [0.3, 0.4) is 0 Å². The Bertz CT molecular complexity index is 439. The SMILES string of the molecule is Nc1cncc(-c2ccc(Br)nc2)c1. The highest BCUT2D eigenvalue weighted by Gasteiger charge is 1.98. The maximum absolute atomic E-state index is 5.63. The summed E-state index contributed by atoms with van der Waals surface area (Å²) in [7, 11) is 0. The number of pyridine rings is 2. The molecule has 2 N–H and O–H groups in total. The minimum atomic E-state index is 0.658. The van der Waals surface area contributed by atoms with Crippen LogP contribution in [0, 0.1) is 0 Å². The van der Waals surface area contributed by atoms with E-state index in [1.807, 2.05) is 18.2 Å². The lowest BCUT2D eigenvalue weighted by Crippen LogP contribution is -1.88. The van der Waals surface area contributed by atoms with Crippen molar-refractivity contribution >= 4 is 21.6 Å². The van der Waals surface area contributed by atoms with Crippen LogP contribution in [-0.2, 0) is 0 Å². The van der Waals surface area contributed by atoms with Gasteiger partial charge in [0.25, 0.3) is 0 Å². The minimum absolute atomic E-state index is 0.658. The normalized spacial score (nSPS) is 10.1. The van der Waals surface area contributed by atoms with E-state index in [2.05, 4.69) is 25.9 Å².